The maximum Gasteiger partial charge on any atom is 0.169 e. The SMILES string of the molecule is COc1cc(F)c2c(c1)[C@]1(CCN=C(N)S1)c1cc(Br)ccc1O2. The van der Waals surface area contributed by atoms with Crippen molar-refractivity contribution in [3.8, 4) is 17.2 Å². The van der Waals surface area contributed by atoms with Gasteiger partial charge in [0.2, 0.25) is 0 Å². The molecule has 2 heterocycles. The Morgan fingerprint density at radius 3 is 2.92 bits per heavy atom. The van der Waals surface area contributed by atoms with Crippen molar-refractivity contribution in [3.63, 3.8) is 0 Å². The number of hydrogen-bond acceptors (Lipinski definition) is 5. The van der Waals surface area contributed by atoms with Crippen molar-refractivity contribution in [1.82, 2.24) is 0 Å². The molecule has 0 bridgehead atoms. The summed E-state index contributed by atoms with van der Waals surface area (Å²) in [6.45, 7) is 0.572. The lowest BCUT2D eigenvalue weighted by atomic mass is 9.84. The van der Waals surface area contributed by atoms with E-state index in [1.165, 1.54) is 24.9 Å². The molecular formula is C17H14BrFN2O2S. The number of nitrogens with zero attached hydrogens (tertiary/aromatic N) is 1. The van der Waals surface area contributed by atoms with Gasteiger partial charge in [0.05, 0.1) is 11.9 Å². The van der Waals surface area contributed by atoms with Crippen LogP contribution in [0.25, 0.3) is 0 Å². The molecule has 2 aliphatic heterocycles. The Morgan fingerprint density at radius 1 is 1.33 bits per heavy atom. The van der Waals surface area contributed by atoms with Crippen molar-refractivity contribution in [2.45, 2.75) is 11.2 Å². The van der Waals surface area contributed by atoms with Gasteiger partial charge in [-0.05, 0) is 30.7 Å². The van der Waals surface area contributed by atoms with Crippen molar-refractivity contribution in [2.24, 2.45) is 10.7 Å². The number of rotatable bonds is 1. The molecule has 1 atom stereocenters. The standard InChI is InChI=1S/C17H14BrFN2O2S/c1-22-10-7-12-15(13(19)8-10)23-14-3-2-9(18)6-11(14)17(12)4-5-21-16(20)24-17/h2-3,6-8H,4-5H2,1H3,(H2,20,21)/t17-/m0/s1. The Labute approximate surface area is 151 Å². The highest BCUT2D eigenvalue weighted by molar-refractivity contribution is 9.10. The summed E-state index contributed by atoms with van der Waals surface area (Å²) < 4.78 is 26.2. The molecule has 2 aliphatic rings. The smallest absolute Gasteiger partial charge is 0.169 e. The van der Waals surface area contributed by atoms with Gasteiger partial charge in [-0.1, -0.05) is 27.7 Å². The Balaban J connectivity index is 2.03. The lowest BCUT2D eigenvalue weighted by Crippen LogP contribution is -2.35. The fraction of sp³-hybridized carbons (Fsp3) is 0.235. The Kier molecular flexibility index (Phi) is 3.73. The minimum absolute atomic E-state index is 0.229. The number of methoxy groups -OCH3 is 1. The maximum absolute atomic E-state index is 14.6. The van der Waals surface area contributed by atoms with Crippen LogP contribution in [0.15, 0.2) is 39.8 Å². The van der Waals surface area contributed by atoms with Gasteiger partial charge in [-0.25, -0.2) is 4.39 Å². The second-order valence-corrected chi connectivity index (χ2v) is 7.86. The third-order valence-electron chi connectivity index (χ3n) is 4.29. The van der Waals surface area contributed by atoms with E-state index < -0.39 is 10.6 Å². The van der Waals surface area contributed by atoms with Crippen molar-refractivity contribution >= 4 is 32.9 Å². The highest BCUT2D eigenvalue weighted by atomic mass is 79.9. The first-order valence-corrected chi connectivity index (χ1v) is 8.99. The fourth-order valence-electron chi connectivity index (χ4n) is 3.22. The molecule has 4 rings (SSSR count). The molecule has 124 valence electrons. The van der Waals surface area contributed by atoms with Gasteiger partial charge in [-0.15, -0.1) is 0 Å². The highest BCUT2D eigenvalue weighted by Crippen LogP contribution is 2.58. The first-order valence-electron chi connectivity index (χ1n) is 7.38. The van der Waals surface area contributed by atoms with E-state index in [0.29, 0.717) is 29.6 Å². The summed E-state index contributed by atoms with van der Waals surface area (Å²) in [6.07, 6.45) is 0.699. The van der Waals surface area contributed by atoms with Gasteiger partial charge in [0, 0.05) is 28.2 Å². The maximum atomic E-state index is 14.6. The summed E-state index contributed by atoms with van der Waals surface area (Å²) in [7, 11) is 1.52. The lowest BCUT2D eigenvalue weighted by Gasteiger charge is -2.41. The van der Waals surface area contributed by atoms with Crippen molar-refractivity contribution in [3.05, 3.63) is 51.7 Å². The van der Waals surface area contributed by atoms with E-state index in [-0.39, 0.29) is 5.75 Å². The average molecular weight is 409 g/mol. The predicted molar refractivity (Wildman–Crippen MR) is 96.6 cm³/mol. The minimum Gasteiger partial charge on any atom is -0.497 e. The number of thioether (sulfide) groups is 1. The number of aliphatic imine (C=N–C) groups is 1. The van der Waals surface area contributed by atoms with E-state index in [1.54, 1.807) is 0 Å². The van der Waals surface area contributed by atoms with Crippen LogP contribution in [0.4, 0.5) is 4.39 Å². The lowest BCUT2D eigenvalue weighted by molar-refractivity contribution is 0.382. The summed E-state index contributed by atoms with van der Waals surface area (Å²) in [5.41, 5.74) is 7.72. The molecule has 0 radical (unpaired) electrons. The van der Waals surface area contributed by atoms with E-state index in [4.69, 9.17) is 15.2 Å². The number of ether oxygens (including phenoxy) is 2. The summed E-state index contributed by atoms with van der Waals surface area (Å²) in [5.74, 6) is 0.873. The summed E-state index contributed by atoms with van der Waals surface area (Å²) in [4.78, 5) is 4.29. The van der Waals surface area contributed by atoms with Crippen LogP contribution in [-0.2, 0) is 4.75 Å². The van der Waals surface area contributed by atoms with Crippen molar-refractivity contribution in [2.75, 3.05) is 13.7 Å². The second-order valence-electron chi connectivity index (χ2n) is 5.63. The third-order valence-corrected chi connectivity index (χ3v) is 6.11. The summed E-state index contributed by atoms with van der Waals surface area (Å²) >= 11 is 4.95. The molecule has 0 fully saturated rings. The number of fused-ring (bicyclic) bond motifs is 4. The van der Waals surface area contributed by atoms with E-state index in [0.717, 1.165) is 15.6 Å². The molecule has 2 N–H and O–H groups in total. The highest BCUT2D eigenvalue weighted by Gasteiger charge is 2.46. The van der Waals surface area contributed by atoms with Crippen LogP contribution >= 0.6 is 27.7 Å². The second kappa shape index (κ2) is 5.67. The zero-order valence-electron chi connectivity index (χ0n) is 12.8. The predicted octanol–water partition coefficient (Wildman–Crippen LogP) is 4.40. The van der Waals surface area contributed by atoms with Crippen LogP contribution in [0.3, 0.4) is 0 Å². The van der Waals surface area contributed by atoms with E-state index >= 15 is 0 Å². The molecule has 7 heteroatoms. The molecule has 4 nitrogen and oxygen atoms in total. The molecule has 0 saturated carbocycles. The number of amidine groups is 1. The molecule has 2 aromatic carbocycles. The Bertz CT molecular complexity index is 874. The van der Waals surface area contributed by atoms with Gasteiger partial charge in [0.1, 0.15) is 11.5 Å². The van der Waals surface area contributed by atoms with Crippen LogP contribution < -0.4 is 15.2 Å². The normalized spacial score (nSPS) is 21.5. The zero-order chi connectivity index (χ0) is 16.9. The molecule has 1 spiro atoms. The Hall–Kier alpha value is -1.73. The molecule has 0 amide bonds. The summed E-state index contributed by atoms with van der Waals surface area (Å²) in [6, 6.07) is 8.89. The van der Waals surface area contributed by atoms with Crippen LogP contribution in [0.1, 0.15) is 17.5 Å². The van der Waals surface area contributed by atoms with Crippen LogP contribution in [-0.4, -0.2) is 18.8 Å². The molecule has 0 saturated heterocycles. The summed E-state index contributed by atoms with van der Waals surface area (Å²) in [5, 5.41) is 0.489. The molecule has 0 unspecified atom stereocenters. The van der Waals surface area contributed by atoms with Crippen molar-refractivity contribution < 1.29 is 13.9 Å². The zero-order valence-corrected chi connectivity index (χ0v) is 15.2. The van der Waals surface area contributed by atoms with E-state index in [2.05, 4.69) is 20.9 Å². The molecule has 0 aliphatic carbocycles. The van der Waals surface area contributed by atoms with Crippen LogP contribution in [0.2, 0.25) is 0 Å². The number of hydrogen-bond donors (Lipinski definition) is 1. The molecule has 0 aromatic heterocycles. The minimum atomic E-state index is -0.548. The van der Waals surface area contributed by atoms with Crippen LogP contribution in [0, 0.1) is 5.82 Å². The van der Waals surface area contributed by atoms with Gasteiger partial charge in [-0.3, -0.25) is 4.99 Å². The van der Waals surface area contributed by atoms with E-state index in [1.807, 2.05) is 24.3 Å². The monoisotopic (exact) mass is 408 g/mol. The third kappa shape index (κ3) is 2.29. The molecule has 2 aromatic rings. The molecule has 24 heavy (non-hydrogen) atoms. The first kappa shape index (κ1) is 15.8. The van der Waals surface area contributed by atoms with Crippen molar-refractivity contribution in [1.29, 1.82) is 0 Å². The molecular weight excluding hydrogens is 395 g/mol. The topological polar surface area (TPSA) is 56.8 Å². The van der Waals surface area contributed by atoms with Gasteiger partial charge in [0.15, 0.2) is 16.7 Å². The van der Waals surface area contributed by atoms with Gasteiger partial charge < -0.3 is 15.2 Å². The van der Waals surface area contributed by atoms with Gasteiger partial charge in [-0.2, -0.15) is 0 Å². The number of halogens is 2. The number of benzene rings is 2. The van der Waals surface area contributed by atoms with E-state index in [9.17, 15) is 4.39 Å². The fourth-order valence-corrected chi connectivity index (χ4v) is 4.81. The first-order chi connectivity index (χ1) is 11.5. The van der Waals surface area contributed by atoms with Gasteiger partial charge >= 0.3 is 0 Å². The average Bonchev–Trinajstić information content (AvgIpc) is 2.56. The largest absolute Gasteiger partial charge is 0.497 e. The Morgan fingerprint density at radius 2 is 2.17 bits per heavy atom. The number of nitrogens with two attached hydrogens (primary N) is 1. The van der Waals surface area contributed by atoms with Crippen LogP contribution in [0.5, 0.6) is 17.2 Å². The van der Waals surface area contributed by atoms with Gasteiger partial charge in [0.25, 0.3) is 0 Å². The quantitative estimate of drug-likeness (QED) is 0.759.